The highest BCUT2D eigenvalue weighted by atomic mass is 16.2. The lowest BCUT2D eigenvalue weighted by molar-refractivity contribution is -0.119. The van der Waals surface area contributed by atoms with Crippen LogP contribution in [0.4, 0.5) is 11.4 Å². The Morgan fingerprint density at radius 1 is 0.875 bits per heavy atom. The number of imide groups is 1. The minimum atomic E-state index is -0.416. The van der Waals surface area contributed by atoms with Crippen LogP contribution in [0.25, 0.3) is 0 Å². The predicted molar refractivity (Wildman–Crippen MR) is 123 cm³/mol. The molecule has 0 fully saturated rings. The van der Waals surface area contributed by atoms with E-state index in [2.05, 4.69) is 5.32 Å². The molecule has 0 bridgehead atoms. The molecule has 6 heteroatoms. The average molecular weight is 425 g/mol. The van der Waals surface area contributed by atoms with Crippen molar-refractivity contribution in [3.05, 3.63) is 95.6 Å². The zero-order chi connectivity index (χ0) is 22.2. The number of anilines is 2. The van der Waals surface area contributed by atoms with Crippen molar-refractivity contribution in [2.45, 2.75) is 25.4 Å². The molecule has 2 aliphatic heterocycles. The first-order chi connectivity index (χ1) is 15.5. The van der Waals surface area contributed by atoms with Gasteiger partial charge in [-0.2, -0.15) is 0 Å². The minimum Gasteiger partial charge on any atom is -0.378 e. The Kier molecular flexibility index (Phi) is 4.98. The van der Waals surface area contributed by atoms with Crippen LogP contribution < -0.4 is 10.2 Å². The number of rotatable bonds is 4. The summed E-state index contributed by atoms with van der Waals surface area (Å²) < 4.78 is 0. The zero-order valence-electron chi connectivity index (χ0n) is 17.7. The number of hydrogen-bond acceptors (Lipinski definition) is 4. The fraction of sp³-hybridized carbons (Fsp3) is 0.192. The Balaban J connectivity index is 1.41. The van der Waals surface area contributed by atoms with Crippen LogP contribution in [0, 0.1) is 0 Å². The first-order valence-electron chi connectivity index (χ1n) is 10.7. The third-order valence-corrected chi connectivity index (χ3v) is 6.14. The molecule has 0 saturated heterocycles. The summed E-state index contributed by atoms with van der Waals surface area (Å²) in [5.74, 6) is -1.10. The molecular weight excluding hydrogens is 402 g/mol. The topological polar surface area (TPSA) is 69.7 Å². The van der Waals surface area contributed by atoms with Gasteiger partial charge in [0.2, 0.25) is 5.91 Å². The van der Waals surface area contributed by atoms with Gasteiger partial charge in [0.05, 0.1) is 17.2 Å². The predicted octanol–water partition coefficient (Wildman–Crippen LogP) is 4.26. The molecule has 0 unspecified atom stereocenters. The van der Waals surface area contributed by atoms with Crippen LogP contribution in [0.5, 0.6) is 0 Å². The van der Waals surface area contributed by atoms with Gasteiger partial charge in [-0.05, 0) is 49.2 Å². The largest absolute Gasteiger partial charge is 0.378 e. The van der Waals surface area contributed by atoms with Crippen molar-refractivity contribution in [2.24, 2.45) is 0 Å². The molecule has 160 valence electrons. The number of nitrogens with one attached hydrogen (secondary N) is 1. The van der Waals surface area contributed by atoms with E-state index in [-0.39, 0.29) is 24.5 Å². The lowest BCUT2D eigenvalue weighted by Gasteiger charge is -2.40. The molecular formula is C26H23N3O3. The second-order valence-corrected chi connectivity index (χ2v) is 8.21. The van der Waals surface area contributed by atoms with Crippen molar-refractivity contribution in [2.75, 3.05) is 16.8 Å². The SMILES string of the molecule is C[C@@H]1C[C@@H](Nc2ccccc2)c2ccccc2N1C(=O)CN1C(=O)c2ccccc2C1=O. The highest BCUT2D eigenvalue weighted by Crippen LogP contribution is 2.39. The number of benzene rings is 3. The minimum absolute atomic E-state index is 0.0481. The molecule has 0 aliphatic carbocycles. The van der Waals surface area contributed by atoms with Crippen LogP contribution in [0.1, 0.15) is 45.7 Å². The van der Waals surface area contributed by atoms with E-state index >= 15 is 0 Å². The Labute approximate surface area is 186 Å². The molecule has 6 nitrogen and oxygen atoms in total. The van der Waals surface area contributed by atoms with E-state index in [9.17, 15) is 14.4 Å². The first-order valence-corrected chi connectivity index (χ1v) is 10.7. The van der Waals surface area contributed by atoms with Gasteiger partial charge in [-0.1, -0.05) is 48.5 Å². The Morgan fingerprint density at radius 3 is 2.16 bits per heavy atom. The van der Waals surface area contributed by atoms with E-state index in [0.29, 0.717) is 17.5 Å². The van der Waals surface area contributed by atoms with Crippen LogP contribution in [0.15, 0.2) is 78.9 Å². The highest BCUT2D eigenvalue weighted by molar-refractivity contribution is 6.22. The number of carbonyl (C=O) groups excluding carboxylic acids is 3. The molecule has 0 saturated carbocycles. The number of hydrogen-bond donors (Lipinski definition) is 1. The van der Waals surface area contributed by atoms with Gasteiger partial charge >= 0.3 is 0 Å². The third-order valence-electron chi connectivity index (χ3n) is 6.14. The second-order valence-electron chi connectivity index (χ2n) is 8.21. The zero-order valence-corrected chi connectivity index (χ0v) is 17.7. The quantitative estimate of drug-likeness (QED) is 0.634. The summed E-state index contributed by atoms with van der Waals surface area (Å²) in [6.45, 7) is 1.72. The number of fused-ring (bicyclic) bond motifs is 2. The molecule has 0 spiro atoms. The van der Waals surface area contributed by atoms with E-state index in [1.807, 2.05) is 61.5 Å². The summed E-state index contributed by atoms with van der Waals surface area (Å²) in [5.41, 5.74) is 3.55. The van der Waals surface area contributed by atoms with Gasteiger partial charge in [0, 0.05) is 17.4 Å². The van der Waals surface area contributed by atoms with Gasteiger partial charge in [0.15, 0.2) is 0 Å². The van der Waals surface area contributed by atoms with Crippen molar-refractivity contribution in [3.63, 3.8) is 0 Å². The lowest BCUT2D eigenvalue weighted by Crippen LogP contribution is -2.49. The number of para-hydroxylation sites is 2. The normalized spacial score (nSPS) is 19.5. The first kappa shape index (κ1) is 20.0. The van der Waals surface area contributed by atoms with Crippen molar-refractivity contribution in [1.82, 2.24) is 4.90 Å². The number of nitrogens with zero attached hydrogens (tertiary/aromatic N) is 2. The van der Waals surface area contributed by atoms with E-state index in [4.69, 9.17) is 0 Å². The number of amides is 3. The van der Waals surface area contributed by atoms with Crippen LogP contribution in [0.3, 0.4) is 0 Å². The van der Waals surface area contributed by atoms with Gasteiger partial charge in [0.1, 0.15) is 6.54 Å². The van der Waals surface area contributed by atoms with Crippen LogP contribution in [0.2, 0.25) is 0 Å². The number of carbonyl (C=O) groups is 3. The maximum Gasteiger partial charge on any atom is 0.262 e. The van der Waals surface area contributed by atoms with Gasteiger partial charge in [-0.3, -0.25) is 19.3 Å². The lowest BCUT2D eigenvalue weighted by atomic mass is 9.91. The summed E-state index contributed by atoms with van der Waals surface area (Å²) >= 11 is 0. The summed E-state index contributed by atoms with van der Waals surface area (Å²) in [5, 5.41) is 3.57. The molecule has 3 aromatic rings. The average Bonchev–Trinajstić information content (AvgIpc) is 3.05. The van der Waals surface area contributed by atoms with Gasteiger partial charge in [-0.25, -0.2) is 0 Å². The molecule has 2 aliphatic rings. The smallest absolute Gasteiger partial charge is 0.262 e. The molecule has 32 heavy (non-hydrogen) atoms. The summed E-state index contributed by atoms with van der Waals surface area (Å²) in [6, 6.07) is 24.4. The maximum absolute atomic E-state index is 13.4. The van der Waals surface area contributed by atoms with E-state index in [1.165, 1.54) is 0 Å². The highest BCUT2D eigenvalue weighted by Gasteiger charge is 2.39. The van der Waals surface area contributed by atoms with Crippen LogP contribution in [-0.2, 0) is 4.79 Å². The standard InChI is InChI=1S/C26H23N3O3/c1-17-15-22(27-18-9-3-2-4-10-18)21-13-7-8-14-23(21)29(17)24(30)16-28-25(31)19-11-5-6-12-20(19)26(28)32/h2-14,17,22,27H,15-16H2,1H3/t17-,22-/m1/s1. The van der Waals surface area contributed by atoms with Crippen LogP contribution >= 0.6 is 0 Å². The second kappa shape index (κ2) is 7.96. The summed E-state index contributed by atoms with van der Waals surface area (Å²) in [4.78, 5) is 41.6. The Morgan fingerprint density at radius 2 is 1.47 bits per heavy atom. The van der Waals surface area contributed by atoms with E-state index in [0.717, 1.165) is 21.8 Å². The van der Waals surface area contributed by atoms with E-state index < -0.39 is 11.8 Å². The molecule has 1 N–H and O–H groups in total. The van der Waals surface area contributed by atoms with Crippen LogP contribution in [-0.4, -0.2) is 35.2 Å². The van der Waals surface area contributed by atoms with E-state index in [1.54, 1.807) is 29.2 Å². The van der Waals surface area contributed by atoms with Gasteiger partial charge in [0.25, 0.3) is 11.8 Å². The maximum atomic E-state index is 13.4. The Bertz CT molecular complexity index is 1170. The molecule has 3 aromatic carbocycles. The molecule has 0 radical (unpaired) electrons. The molecule has 5 rings (SSSR count). The summed E-state index contributed by atoms with van der Waals surface area (Å²) in [6.07, 6.45) is 0.708. The Hall–Kier alpha value is -3.93. The summed E-state index contributed by atoms with van der Waals surface area (Å²) in [7, 11) is 0. The molecule has 0 aromatic heterocycles. The van der Waals surface area contributed by atoms with Crippen molar-refractivity contribution in [3.8, 4) is 0 Å². The van der Waals surface area contributed by atoms with Crippen molar-refractivity contribution < 1.29 is 14.4 Å². The van der Waals surface area contributed by atoms with Crippen molar-refractivity contribution in [1.29, 1.82) is 0 Å². The molecule has 2 atom stereocenters. The third kappa shape index (κ3) is 3.34. The van der Waals surface area contributed by atoms with Crippen molar-refractivity contribution >= 4 is 29.1 Å². The van der Waals surface area contributed by atoms with Gasteiger partial charge in [-0.15, -0.1) is 0 Å². The van der Waals surface area contributed by atoms with Gasteiger partial charge < -0.3 is 10.2 Å². The molecule has 2 heterocycles. The fourth-order valence-electron chi connectivity index (χ4n) is 4.66. The molecule has 3 amide bonds. The fourth-order valence-corrected chi connectivity index (χ4v) is 4.66. The monoisotopic (exact) mass is 425 g/mol.